The number of nitrogens with zero attached hydrogens (tertiary/aromatic N) is 1. The van der Waals surface area contributed by atoms with E-state index in [1.807, 2.05) is 18.2 Å². The van der Waals surface area contributed by atoms with E-state index in [1.54, 1.807) is 6.07 Å². The molecule has 3 heterocycles. The third kappa shape index (κ3) is 4.35. The molecule has 176 valence electrons. The number of fused-ring (bicyclic) bond motifs is 4. The molecule has 2 bridgehead atoms. The van der Waals surface area contributed by atoms with E-state index < -0.39 is 17.8 Å². The average Bonchev–Trinajstić information content (AvgIpc) is 3.03. The van der Waals surface area contributed by atoms with Gasteiger partial charge in [0.25, 0.3) is 0 Å². The SMILES string of the molecule is CC1(C)Cc2ccc(-c3cccc(C(F)(F)F)c3)cc2C1NC(=O)O[C@@H]1CN2CCC1CC2. The molecule has 3 fully saturated rings. The minimum Gasteiger partial charge on any atom is -0.445 e. The Morgan fingerprint density at radius 3 is 2.48 bits per heavy atom. The lowest BCUT2D eigenvalue weighted by Crippen LogP contribution is -2.53. The molecule has 0 spiro atoms. The smallest absolute Gasteiger partial charge is 0.416 e. The minimum atomic E-state index is -4.39. The van der Waals surface area contributed by atoms with Gasteiger partial charge in [-0.15, -0.1) is 0 Å². The van der Waals surface area contributed by atoms with E-state index in [2.05, 4.69) is 24.1 Å². The first-order valence-electron chi connectivity index (χ1n) is 11.6. The Balaban J connectivity index is 1.37. The van der Waals surface area contributed by atoms with Crippen molar-refractivity contribution in [3.63, 3.8) is 0 Å². The number of rotatable bonds is 3. The van der Waals surface area contributed by atoms with Crippen LogP contribution in [0.15, 0.2) is 42.5 Å². The Bertz CT molecular complexity index is 1060. The second-order valence-electron chi connectivity index (χ2n) is 10.3. The van der Waals surface area contributed by atoms with Crippen molar-refractivity contribution in [2.24, 2.45) is 11.3 Å². The fraction of sp³-hybridized carbons (Fsp3) is 0.500. The van der Waals surface area contributed by atoms with Crippen LogP contribution in [0.5, 0.6) is 0 Å². The lowest BCUT2D eigenvalue weighted by atomic mass is 9.85. The maximum atomic E-state index is 13.2. The van der Waals surface area contributed by atoms with Crippen LogP contribution >= 0.6 is 0 Å². The van der Waals surface area contributed by atoms with Crippen molar-refractivity contribution in [2.45, 2.75) is 51.4 Å². The summed E-state index contributed by atoms with van der Waals surface area (Å²) in [5.41, 5.74) is 2.35. The highest BCUT2D eigenvalue weighted by molar-refractivity contribution is 5.71. The standard InChI is InChI=1S/C26H29F3N2O2/c1-25(2)14-19-7-6-18(17-4-3-5-20(12-17)26(27,28)29)13-21(19)23(25)30-24(32)33-22-15-31-10-8-16(22)9-11-31/h3-7,12-13,16,22-23H,8-11,14-15H2,1-2H3,(H,30,32)/t22-,23?/m1/s1. The Kier molecular flexibility index (Phi) is 5.43. The number of benzene rings is 2. The zero-order valence-corrected chi connectivity index (χ0v) is 18.9. The molecular formula is C26H29F3N2O2. The number of alkyl halides is 3. The Morgan fingerprint density at radius 1 is 1.09 bits per heavy atom. The van der Waals surface area contributed by atoms with Crippen molar-refractivity contribution >= 4 is 6.09 Å². The predicted octanol–water partition coefficient (Wildman–Crippen LogP) is 5.82. The van der Waals surface area contributed by atoms with Gasteiger partial charge in [0, 0.05) is 6.54 Å². The van der Waals surface area contributed by atoms with Gasteiger partial charge in [-0.3, -0.25) is 4.90 Å². The van der Waals surface area contributed by atoms with E-state index in [9.17, 15) is 18.0 Å². The molecule has 7 heteroatoms. The summed E-state index contributed by atoms with van der Waals surface area (Å²) in [5, 5.41) is 3.09. The Hall–Kier alpha value is -2.54. The molecule has 1 aliphatic carbocycles. The van der Waals surface area contributed by atoms with Crippen molar-refractivity contribution in [1.82, 2.24) is 10.2 Å². The molecule has 0 aromatic heterocycles. The summed E-state index contributed by atoms with van der Waals surface area (Å²) in [7, 11) is 0. The van der Waals surface area contributed by atoms with Crippen LogP contribution in [0.25, 0.3) is 11.1 Å². The summed E-state index contributed by atoms with van der Waals surface area (Å²) < 4.78 is 45.4. The molecule has 2 atom stereocenters. The summed E-state index contributed by atoms with van der Waals surface area (Å²) in [4.78, 5) is 15.2. The van der Waals surface area contributed by atoms with Gasteiger partial charge in [-0.25, -0.2) is 4.79 Å². The number of halogens is 3. The van der Waals surface area contributed by atoms with Crippen molar-refractivity contribution in [3.8, 4) is 11.1 Å². The van der Waals surface area contributed by atoms with Crippen LogP contribution in [0.4, 0.5) is 18.0 Å². The third-order valence-corrected chi connectivity index (χ3v) is 7.52. The van der Waals surface area contributed by atoms with E-state index in [4.69, 9.17) is 4.74 Å². The first-order chi connectivity index (χ1) is 15.6. The second-order valence-corrected chi connectivity index (χ2v) is 10.3. The number of carbonyl (C=O) groups is 1. The van der Waals surface area contributed by atoms with E-state index in [-0.39, 0.29) is 17.6 Å². The van der Waals surface area contributed by atoms with Gasteiger partial charge in [-0.1, -0.05) is 38.1 Å². The van der Waals surface area contributed by atoms with Gasteiger partial charge in [0.05, 0.1) is 11.6 Å². The van der Waals surface area contributed by atoms with Gasteiger partial charge in [0.1, 0.15) is 6.10 Å². The lowest BCUT2D eigenvalue weighted by Gasteiger charge is -2.44. The van der Waals surface area contributed by atoms with E-state index >= 15 is 0 Å². The van der Waals surface area contributed by atoms with Gasteiger partial charge in [-0.2, -0.15) is 13.2 Å². The molecule has 3 saturated heterocycles. The summed E-state index contributed by atoms with van der Waals surface area (Å²) in [6.07, 6.45) is -1.98. The monoisotopic (exact) mass is 458 g/mol. The van der Waals surface area contributed by atoms with Gasteiger partial charge in [0.2, 0.25) is 0 Å². The second kappa shape index (κ2) is 8.05. The largest absolute Gasteiger partial charge is 0.445 e. The van der Waals surface area contributed by atoms with Crippen LogP contribution < -0.4 is 5.32 Å². The molecule has 4 nitrogen and oxygen atoms in total. The van der Waals surface area contributed by atoms with E-state index in [0.717, 1.165) is 56.1 Å². The van der Waals surface area contributed by atoms with Crippen LogP contribution in [0.3, 0.4) is 0 Å². The van der Waals surface area contributed by atoms with Crippen LogP contribution in [0.1, 0.15) is 49.4 Å². The molecule has 2 aromatic carbocycles. The molecule has 1 unspecified atom stereocenters. The Labute approximate surface area is 192 Å². The van der Waals surface area contributed by atoms with Gasteiger partial charge < -0.3 is 10.1 Å². The zero-order valence-electron chi connectivity index (χ0n) is 18.9. The number of hydrogen-bond acceptors (Lipinski definition) is 3. The first kappa shape index (κ1) is 22.3. The van der Waals surface area contributed by atoms with Crippen LogP contribution in [-0.2, 0) is 17.3 Å². The number of nitrogens with one attached hydrogen (secondary N) is 1. The highest BCUT2D eigenvalue weighted by Gasteiger charge is 2.42. The van der Waals surface area contributed by atoms with E-state index in [0.29, 0.717) is 17.0 Å². The molecule has 0 radical (unpaired) electrons. The van der Waals surface area contributed by atoms with Gasteiger partial charge in [-0.05, 0) is 84.1 Å². The number of piperidine rings is 3. The fourth-order valence-corrected chi connectivity index (χ4v) is 5.70. The first-order valence-corrected chi connectivity index (χ1v) is 11.6. The number of amides is 1. The third-order valence-electron chi connectivity index (χ3n) is 7.52. The molecule has 3 aliphatic heterocycles. The summed E-state index contributed by atoms with van der Waals surface area (Å²) in [6, 6.07) is 10.8. The zero-order chi connectivity index (χ0) is 23.4. The van der Waals surface area contributed by atoms with Crippen molar-refractivity contribution in [2.75, 3.05) is 19.6 Å². The van der Waals surface area contributed by atoms with Crippen LogP contribution in [-0.4, -0.2) is 36.7 Å². The maximum Gasteiger partial charge on any atom is 0.416 e. The number of ether oxygens (including phenoxy) is 1. The molecule has 6 rings (SSSR count). The average molecular weight is 459 g/mol. The number of carbonyl (C=O) groups excluding carboxylic acids is 1. The normalized spacial score (nSPS) is 27.8. The maximum absolute atomic E-state index is 13.2. The van der Waals surface area contributed by atoms with Crippen LogP contribution in [0, 0.1) is 11.3 Å². The molecular weight excluding hydrogens is 429 g/mol. The quantitative estimate of drug-likeness (QED) is 0.631. The fourth-order valence-electron chi connectivity index (χ4n) is 5.70. The molecule has 0 saturated carbocycles. The summed E-state index contributed by atoms with van der Waals surface area (Å²) in [5.74, 6) is 0.428. The van der Waals surface area contributed by atoms with Gasteiger partial charge >= 0.3 is 12.3 Å². The molecule has 1 N–H and O–H groups in total. The number of alkyl carbamates (subject to hydrolysis) is 1. The molecule has 2 aromatic rings. The van der Waals surface area contributed by atoms with E-state index in [1.165, 1.54) is 12.1 Å². The molecule has 33 heavy (non-hydrogen) atoms. The van der Waals surface area contributed by atoms with Crippen molar-refractivity contribution < 1.29 is 22.7 Å². The highest BCUT2D eigenvalue weighted by atomic mass is 19.4. The topological polar surface area (TPSA) is 41.6 Å². The lowest BCUT2D eigenvalue weighted by molar-refractivity contribution is -0.137. The van der Waals surface area contributed by atoms with Crippen molar-refractivity contribution in [3.05, 3.63) is 59.2 Å². The molecule has 1 amide bonds. The minimum absolute atomic E-state index is 0.0760. The summed E-state index contributed by atoms with van der Waals surface area (Å²) in [6.45, 7) is 7.13. The Morgan fingerprint density at radius 2 is 1.82 bits per heavy atom. The van der Waals surface area contributed by atoms with Gasteiger partial charge in [0.15, 0.2) is 0 Å². The predicted molar refractivity (Wildman–Crippen MR) is 120 cm³/mol. The number of hydrogen-bond donors (Lipinski definition) is 1. The summed E-state index contributed by atoms with van der Waals surface area (Å²) >= 11 is 0. The highest BCUT2D eigenvalue weighted by Crippen LogP contribution is 2.46. The van der Waals surface area contributed by atoms with Crippen LogP contribution in [0.2, 0.25) is 0 Å². The van der Waals surface area contributed by atoms with Crippen molar-refractivity contribution in [1.29, 1.82) is 0 Å². The molecule has 4 aliphatic rings.